The van der Waals surface area contributed by atoms with E-state index in [0.717, 1.165) is 0 Å². The molecular formula is C29H33F3N6O12S. The minimum Gasteiger partial charge on any atom is -0.445 e. The minimum atomic E-state index is -5.84. The third-order valence-electron chi connectivity index (χ3n) is 7.69. The van der Waals surface area contributed by atoms with Crippen molar-refractivity contribution in [2.24, 2.45) is 4.99 Å². The lowest BCUT2D eigenvalue weighted by molar-refractivity contribution is -0.385. The van der Waals surface area contributed by atoms with E-state index in [0.29, 0.717) is 56.0 Å². The van der Waals surface area contributed by atoms with E-state index in [-0.39, 0.29) is 36.5 Å². The van der Waals surface area contributed by atoms with Gasteiger partial charge in [0.2, 0.25) is 5.91 Å². The number of ether oxygens (including phenoxy) is 2. The number of aliphatic imine (C=N–C) groups is 1. The number of piperazine rings is 1. The molecule has 0 saturated carbocycles. The summed E-state index contributed by atoms with van der Waals surface area (Å²) in [6.45, 7) is 4.99. The summed E-state index contributed by atoms with van der Waals surface area (Å²) in [5, 5.41) is 21.6. The average Bonchev–Trinajstić information content (AvgIpc) is 3.56. The second-order valence-corrected chi connectivity index (χ2v) is 12.6. The Bertz CT molecular complexity index is 1740. The van der Waals surface area contributed by atoms with Crippen LogP contribution in [0.4, 0.5) is 34.1 Å². The molecular weight excluding hydrogens is 713 g/mol. The lowest BCUT2D eigenvalue weighted by atomic mass is 10.1. The maximum Gasteiger partial charge on any atom is 0.522 e. The number of halogens is 3. The molecule has 0 aromatic heterocycles. The molecule has 1 N–H and O–H groups in total. The van der Waals surface area contributed by atoms with E-state index < -0.39 is 43.7 Å². The van der Waals surface area contributed by atoms with Crippen molar-refractivity contribution in [1.29, 1.82) is 0 Å². The first-order valence-electron chi connectivity index (χ1n) is 15.0. The smallest absolute Gasteiger partial charge is 0.445 e. The van der Waals surface area contributed by atoms with Gasteiger partial charge in [0, 0.05) is 56.5 Å². The number of amidine groups is 1. The van der Waals surface area contributed by atoms with Crippen LogP contribution < -0.4 is 0 Å². The van der Waals surface area contributed by atoms with E-state index in [1.807, 2.05) is 11.8 Å². The standard InChI is InChI=1S/C28H32N6O9.CHF3O3S/c1-19-16-30(14-15-31(19)20(2)29-27(36)42-17-21-5-9-23(10-6-21)33(38)39)26(35)25-4-3-13-32(25)28(37)43-18-22-7-11-24(12-8-22)34(40)41;2-1(3,4)8(5,6)7/h5-12,19,25H,3-4,13-18H2,1-2H3;(H,5,6,7)/t19-,25?;/m0./s1. The highest BCUT2D eigenvalue weighted by Gasteiger charge is 2.44. The Labute approximate surface area is 288 Å². The van der Waals surface area contributed by atoms with Gasteiger partial charge < -0.3 is 19.3 Å². The number of amides is 3. The Morgan fingerprint density at radius 1 is 0.902 bits per heavy atom. The highest BCUT2D eigenvalue weighted by Crippen LogP contribution is 2.24. The summed E-state index contributed by atoms with van der Waals surface area (Å²) in [5.41, 5.74) is -4.47. The zero-order valence-corrected chi connectivity index (χ0v) is 27.9. The van der Waals surface area contributed by atoms with Gasteiger partial charge in [-0.2, -0.15) is 26.6 Å². The summed E-state index contributed by atoms with van der Waals surface area (Å²) in [5.74, 6) is 0.263. The van der Waals surface area contributed by atoms with Crippen molar-refractivity contribution in [3.63, 3.8) is 0 Å². The number of non-ortho nitro benzene ring substituents is 2. The van der Waals surface area contributed by atoms with Crippen LogP contribution in [-0.2, 0) is 37.6 Å². The molecule has 2 aliphatic rings. The first-order chi connectivity index (χ1) is 23.8. The van der Waals surface area contributed by atoms with E-state index in [1.54, 1.807) is 11.8 Å². The van der Waals surface area contributed by atoms with Crippen LogP contribution in [0.1, 0.15) is 37.8 Å². The maximum atomic E-state index is 13.4. The zero-order valence-electron chi connectivity index (χ0n) is 27.1. The van der Waals surface area contributed by atoms with Crippen molar-refractivity contribution in [1.82, 2.24) is 14.7 Å². The molecule has 0 radical (unpaired) electrons. The van der Waals surface area contributed by atoms with Crippen LogP contribution in [-0.4, -0.2) is 105 Å². The molecule has 0 spiro atoms. The van der Waals surface area contributed by atoms with Gasteiger partial charge in [-0.3, -0.25) is 34.5 Å². The number of rotatable bonds is 7. The predicted octanol–water partition coefficient (Wildman–Crippen LogP) is 4.29. The molecule has 18 nitrogen and oxygen atoms in total. The van der Waals surface area contributed by atoms with Gasteiger partial charge in [-0.05, 0) is 62.1 Å². The fraction of sp³-hybridized carbons (Fsp3) is 0.448. The summed E-state index contributed by atoms with van der Waals surface area (Å²) in [6.07, 6.45) is -0.237. The van der Waals surface area contributed by atoms with Crippen molar-refractivity contribution in [3.8, 4) is 0 Å². The van der Waals surface area contributed by atoms with E-state index in [1.165, 1.54) is 53.4 Å². The van der Waals surface area contributed by atoms with Crippen molar-refractivity contribution in [3.05, 3.63) is 79.9 Å². The normalized spacial score (nSPS) is 18.0. The van der Waals surface area contributed by atoms with Gasteiger partial charge in [0.1, 0.15) is 25.1 Å². The molecule has 22 heteroatoms. The van der Waals surface area contributed by atoms with Crippen LogP contribution in [0.3, 0.4) is 0 Å². The quantitative estimate of drug-likeness (QED) is 0.104. The van der Waals surface area contributed by atoms with Crippen molar-refractivity contribution < 1.29 is 59.8 Å². The van der Waals surface area contributed by atoms with Crippen LogP contribution in [0, 0.1) is 20.2 Å². The first-order valence-corrected chi connectivity index (χ1v) is 16.4. The van der Waals surface area contributed by atoms with Gasteiger partial charge in [-0.25, -0.2) is 9.59 Å². The van der Waals surface area contributed by atoms with Gasteiger partial charge >= 0.3 is 27.8 Å². The molecule has 1 unspecified atom stereocenters. The summed E-state index contributed by atoms with van der Waals surface area (Å²) < 4.78 is 68.1. The zero-order chi connectivity index (χ0) is 38.1. The molecule has 2 saturated heterocycles. The molecule has 51 heavy (non-hydrogen) atoms. The summed E-state index contributed by atoms with van der Waals surface area (Å²) >= 11 is 0. The predicted molar refractivity (Wildman–Crippen MR) is 170 cm³/mol. The number of nitro benzene ring substituents is 2. The number of carbonyl (C=O) groups is 3. The summed E-state index contributed by atoms with van der Waals surface area (Å²) in [6, 6.07) is 10.6. The Hall–Kier alpha value is -5.38. The molecule has 2 aromatic rings. The molecule has 2 heterocycles. The highest BCUT2D eigenvalue weighted by molar-refractivity contribution is 7.86. The number of carbonyl (C=O) groups excluding carboxylic acids is 3. The number of alkyl halides is 3. The van der Waals surface area contributed by atoms with Crippen LogP contribution in [0.25, 0.3) is 0 Å². The molecule has 3 amide bonds. The molecule has 4 rings (SSSR count). The van der Waals surface area contributed by atoms with Crippen molar-refractivity contribution in [2.75, 3.05) is 26.2 Å². The topological polar surface area (TPSA) is 232 Å². The van der Waals surface area contributed by atoms with Crippen LogP contribution in [0.2, 0.25) is 0 Å². The van der Waals surface area contributed by atoms with Gasteiger partial charge in [-0.1, -0.05) is 0 Å². The first kappa shape index (κ1) is 40.1. The number of hydrogen-bond donors (Lipinski definition) is 1. The number of likely N-dealkylation sites (tertiary alicyclic amines) is 1. The highest BCUT2D eigenvalue weighted by atomic mass is 32.2. The molecule has 0 aliphatic carbocycles. The Morgan fingerprint density at radius 2 is 1.39 bits per heavy atom. The Kier molecular flexibility index (Phi) is 13.4. The van der Waals surface area contributed by atoms with Gasteiger partial charge in [-0.15, -0.1) is 0 Å². The monoisotopic (exact) mass is 746 g/mol. The molecule has 2 fully saturated rings. The second kappa shape index (κ2) is 17.0. The Morgan fingerprint density at radius 3 is 1.84 bits per heavy atom. The van der Waals surface area contributed by atoms with E-state index >= 15 is 0 Å². The second-order valence-electron chi connectivity index (χ2n) is 11.2. The number of hydrogen-bond acceptors (Lipinski definition) is 11. The largest absolute Gasteiger partial charge is 0.522 e. The average molecular weight is 747 g/mol. The fourth-order valence-corrected chi connectivity index (χ4v) is 5.12. The minimum absolute atomic E-state index is 0.0594. The molecule has 2 aliphatic heterocycles. The van der Waals surface area contributed by atoms with E-state index in [4.69, 9.17) is 22.4 Å². The van der Waals surface area contributed by atoms with Crippen LogP contribution >= 0.6 is 0 Å². The SMILES string of the molecule is CC(=NC(=O)OCc1ccc([N+](=O)[O-])cc1)N1CCN(C(=O)C2CCCN2C(=O)OCc2ccc([N+](=O)[O-])cc2)C[C@@H]1C.O=S(=O)(O)C(F)(F)F. The lowest BCUT2D eigenvalue weighted by Crippen LogP contribution is -2.58. The third kappa shape index (κ3) is 11.3. The van der Waals surface area contributed by atoms with Crippen molar-refractivity contribution in [2.45, 2.75) is 57.5 Å². The van der Waals surface area contributed by atoms with E-state index in [2.05, 4.69) is 4.99 Å². The fourth-order valence-electron chi connectivity index (χ4n) is 5.12. The Balaban J connectivity index is 0.000000783. The van der Waals surface area contributed by atoms with Gasteiger partial charge in [0.05, 0.1) is 9.85 Å². The summed E-state index contributed by atoms with van der Waals surface area (Å²) in [4.78, 5) is 68.2. The van der Waals surface area contributed by atoms with Crippen molar-refractivity contribution >= 4 is 45.4 Å². The number of nitrogens with zero attached hydrogens (tertiary/aromatic N) is 6. The molecule has 278 valence electrons. The number of benzene rings is 2. The molecule has 2 atom stereocenters. The van der Waals surface area contributed by atoms with E-state index in [9.17, 15) is 47.8 Å². The summed E-state index contributed by atoms with van der Waals surface area (Å²) in [7, 11) is -5.84. The van der Waals surface area contributed by atoms with Gasteiger partial charge in [0.25, 0.3) is 11.4 Å². The van der Waals surface area contributed by atoms with Gasteiger partial charge in [0.15, 0.2) is 0 Å². The molecule has 2 aromatic carbocycles. The molecule has 0 bridgehead atoms. The maximum absolute atomic E-state index is 13.4. The number of nitro groups is 2. The third-order valence-corrected chi connectivity index (χ3v) is 8.28. The van der Waals surface area contributed by atoms with Crippen LogP contribution in [0.15, 0.2) is 53.5 Å². The lowest BCUT2D eigenvalue weighted by Gasteiger charge is -2.42. The van der Waals surface area contributed by atoms with Crippen LogP contribution in [0.5, 0.6) is 0 Å².